The van der Waals surface area contributed by atoms with Crippen molar-refractivity contribution in [3.8, 4) is 0 Å². The predicted octanol–water partition coefficient (Wildman–Crippen LogP) is 1.42. The lowest BCUT2D eigenvalue weighted by Crippen LogP contribution is -2.19. The molecule has 2 heterocycles. The van der Waals surface area contributed by atoms with Gasteiger partial charge in [0.1, 0.15) is 0 Å². The predicted molar refractivity (Wildman–Crippen MR) is 75.6 cm³/mol. The summed E-state index contributed by atoms with van der Waals surface area (Å²) in [4.78, 5) is 15.1. The summed E-state index contributed by atoms with van der Waals surface area (Å²) in [5.41, 5.74) is 2.95. The topological polar surface area (TPSA) is 56.9 Å². The molecule has 2 aliphatic rings. The van der Waals surface area contributed by atoms with Gasteiger partial charge in [0.05, 0.1) is 6.67 Å². The second-order valence-electron chi connectivity index (χ2n) is 5.21. The van der Waals surface area contributed by atoms with Crippen molar-refractivity contribution in [1.29, 1.82) is 0 Å². The smallest absolute Gasteiger partial charge is 0.251 e. The van der Waals surface area contributed by atoms with Crippen LogP contribution in [0.2, 0.25) is 0 Å². The van der Waals surface area contributed by atoms with E-state index in [9.17, 15) is 4.79 Å². The van der Waals surface area contributed by atoms with E-state index in [4.69, 9.17) is 0 Å². The Morgan fingerprint density at radius 1 is 1.32 bits per heavy atom. The number of hydrogen-bond donors (Lipinski definition) is 3. The van der Waals surface area contributed by atoms with E-state index in [-0.39, 0.29) is 5.56 Å². The average Bonchev–Trinajstić information content (AvgIpc) is 3.05. The molecule has 1 aliphatic carbocycles. The van der Waals surface area contributed by atoms with E-state index in [1.807, 2.05) is 18.3 Å². The fourth-order valence-corrected chi connectivity index (χ4v) is 2.66. The van der Waals surface area contributed by atoms with Gasteiger partial charge in [0, 0.05) is 29.6 Å². The first-order valence-corrected chi connectivity index (χ1v) is 6.85. The number of H-pyrrole nitrogens is 1. The van der Waals surface area contributed by atoms with Gasteiger partial charge in [0.25, 0.3) is 5.56 Å². The van der Waals surface area contributed by atoms with E-state index in [0.29, 0.717) is 12.3 Å². The van der Waals surface area contributed by atoms with Crippen molar-refractivity contribution in [1.82, 2.24) is 15.6 Å². The summed E-state index contributed by atoms with van der Waals surface area (Å²) >= 11 is 0. The lowest BCUT2D eigenvalue weighted by Gasteiger charge is -2.08. The molecule has 0 amide bonds. The maximum atomic E-state index is 12.1. The summed E-state index contributed by atoms with van der Waals surface area (Å²) in [5, 5.41) is 6.27. The zero-order valence-electron chi connectivity index (χ0n) is 10.9. The Labute approximate surface area is 112 Å². The molecule has 1 aromatic rings. The number of allylic oxidation sites excluding steroid dienone is 3. The van der Waals surface area contributed by atoms with Crippen LogP contribution in [0.1, 0.15) is 24.1 Å². The van der Waals surface area contributed by atoms with Crippen molar-refractivity contribution in [2.75, 3.05) is 6.67 Å². The van der Waals surface area contributed by atoms with Crippen molar-refractivity contribution in [3.63, 3.8) is 0 Å². The van der Waals surface area contributed by atoms with Gasteiger partial charge in [-0.2, -0.15) is 0 Å². The Morgan fingerprint density at radius 3 is 2.95 bits per heavy atom. The number of nitrogens with one attached hydrogen (secondary N) is 3. The van der Waals surface area contributed by atoms with Crippen LogP contribution in [0.4, 0.5) is 0 Å². The van der Waals surface area contributed by atoms with Gasteiger partial charge in [0.15, 0.2) is 0 Å². The monoisotopic (exact) mass is 257 g/mol. The molecule has 100 valence electrons. The highest BCUT2D eigenvalue weighted by Crippen LogP contribution is 2.20. The number of rotatable bonds is 4. The van der Waals surface area contributed by atoms with Crippen molar-refractivity contribution < 1.29 is 0 Å². The van der Waals surface area contributed by atoms with Crippen LogP contribution < -0.4 is 16.2 Å². The normalized spacial score (nSPS) is 21.1. The van der Waals surface area contributed by atoms with E-state index in [2.05, 4.69) is 27.8 Å². The Morgan fingerprint density at radius 2 is 2.26 bits per heavy atom. The highest BCUT2D eigenvalue weighted by atomic mass is 16.1. The van der Waals surface area contributed by atoms with Crippen LogP contribution in [0, 0.1) is 5.92 Å². The molecular formula is C15H19N3O. The minimum absolute atomic E-state index is 0.0362. The third kappa shape index (κ3) is 2.89. The van der Waals surface area contributed by atoms with Crippen LogP contribution in [0.15, 0.2) is 41.0 Å². The molecular weight excluding hydrogens is 238 g/mol. The molecule has 1 unspecified atom stereocenters. The van der Waals surface area contributed by atoms with Gasteiger partial charge in [-0.25, -0.2) is 0 Å². The second-order valence-corrected chi connectivity index (χ2v) is 5.21. The van der Waals surface area contributed by atoms with Gasteiger partial charge < -0.3 is 15.6 Å². The van der Waals surface area contributed by atoms with Gasteiger partial charge in [-0.1, -0.05) is 18.2 Å². The van der Waals surface area contributed by atoms with E-state index >= 15 is 0 Å². The first kappa shape index (κ1) is 12.1. The Hall–Kier alpha value is -1.97. The molecule has 4 nitrogen and oxygen atoms in total. The fraction of sp³-hybridized carbons (Fsp3) is 0.400. The first-order valence-electron chi connectivity index (χ1n) is 6.85. The number of aromatic amines is 1. The molecule has 0 bridgehead atoms. The second kappa shape index (κ2) is 5.34. The number of aromatic nitrogens is 1. The average molecular weight is 257 g/mol. The van der Waals surface area contributed by atoms with E-state index in [1.165, 1.54) is 12.8 Å². The van der Waals surface area contributed by atoms with Crippen molar-refractivity contribution in [2.45, 2.75) is 25.7 Å². The Kier molecular flexibility index (Phi) is 3.40. The minimum atomic E-state index is 0.0362. The summed E-state index contributed by atoms with van der Waals surface area (Å²) in [5.74, 6) is 0.588. The summed E-state index contributed by atoms with van der Waals surface area (Å²) in [6, 6.07) is 4.00. The lowest BCUT2D eigenvalue weighted by molar-refractivity contribution is 0.618. The standard InChI is InChI=1S/C15H19N3O/c19-15-12(8-14-9-16-10-17-14)5-6-13(18-15)7-11-3-1-2-4-11/h1,3,5-6,9,11,16-17H,2,4,7-8,10H2,(H,18,19). The fourth-order valence-electron chi connectivity index (χ4n) is 2.66. The third-order valence-electron chi connectivity index (χ3n) is 3.72. The molecule has 0 saturated heterocycles. The lowest BCUT2D eigenvalue weighted by atomic mass is 10.0. The van der Waals surface area contributed by atoms with Crippen molar-refractivity contribution in [2.24, 2.45) is 5.92 Å². The van der Waals surface area contributed by atoms with Gasteiger partial charge in [-0.15, -0.1) is 0 Å². The highest BCUT2D eigenvalue weighted by molar-refractivity contribution is 5.22. The van der Waals surface area contributed by atoms with Gasteiger partial charge >= 0.3 is 0 Å². The molecule has 1 atom stereocenters. The quantitative estimate of drug-likeness (QED) is 0.715. The molecule has 3 N–H and O–H groups in total. The molecule has 0 spiro atoms. The molecule has 0 aromatic carbocycles. The van der Waals surface area contributed by atoms with Gasteiger partial charge in [0.2, 0.25) is 0 Å². The summed E-state index contributed by atoms with van der Waals surface area (Å²) in [6.45, 7) is 0.749. The van der Waals surface area contributed by atoms with E-state index in [1.54, 1.807) is 0 Å². The van der Waals surface area contributed by atoms with E-state index < -0.39 is 0 Å². The SMILES string of the molecule is O=c1[nH]c(CC2C=CCC2)ccc1CC1=CNCN1. The minimum Gasteiger partial charge on any atom is -0.372 e. The van der Waals surface area contributed by atoms with Crippen molar-refractivity contribution in [3.05, 3.63) is 57.8 Å². The van der Waals surface area contributed by atoms with Crippen LogP contribution in [-0.4, -0.2) is 11.7 Å². The summed E-state index contributed by atoms with van der Waals surface area (Å²) in [6.07, 6.45) is 10.4. The van der Waals surface area contributed by atoms with Crippen LogP contribution in [0.3, 0.4) is 0 Å². The van der Waals surface area contributed by atoms with Gasteiger partial charge in [-0.05, 0) is 31.2 Å². The van der Waals surface area contributed by atoms with E-state index in [0.717, 1.165) is 30.0 Å². The molecule has 0 saturated carbocycles. The number of hydrogen-bond acceptors (Lipinski definition) is 3. The zero-order chi connectivity index (χ0) is 13.1. The maximum absolute atomic E-state index is 12.1. The third-order valence-corrected chi connectivity index (χ3v) is 3.72. The highest BCUT2D eigenvalue weighted by Gasteiger charge is 2.12. The maximum Gasteiger partial charge on any atom is 0.251 e. The van der Waals surface area contributed by atoms with Crippen molar-refractivity contribution >= 4 is 0 Å². The largest absolute Gasteiger partial charge is 0.372 e. The molecule has 1 aliphatic heterocycles. The molecule has 1 aromatic heterocycles. The molecule has 0 radical (unpaired) electrons. The molecule has 3 rings (SSSR count). The molecule has 19 heavy (non-hydrogen) atoms. The summed E-state index contributed by atoms with van der Waals surface area (Å²) < 4.78 is 0. The first-order chi connectivity index (χ1) is 9.31. The molecule has 4 heteroatoms. The van der Waals surface area contributed by atoms with Crippen LogP contribution in [0.25, 0.3) is 0 Å². The van der Waals surface area contributed by atoms with Crippen LogP contribution >= 0.6 is 0 Å². The number of pyridine rings is 1. The molecule has 0 fully saturated rings. The van der Waals surface area contributed by atoms with Crippen LogP contribution in [0.5, 0.6) is 0 Å². The Balaban J connectivity index is 1.70. The zero-order valence-corrected chi connectivity index (χ0v) is 10.9. The van der Waals surface area contributed by atoms with Crippen LogP contribution in [-0.2, 0) is 12.8 Å². The summed E-state index contributed by atoms with van der Waals surface area (Å²) in [7, 11) is 0. The van der Waals surface area contributed by atoms with Gasteiger partial charge in [-0.3, -0.25) is 4.79 Å². The Bertz CT molecular complexity index is 571.